The average molecular weight is 464 g/mol. The Morgan fingerprint density at radius 2 is 1.61 bits per heavy atom. The SMILES string of the molecule is C=C(CN1CCCC1)C(=O)OCCOC(O)C1CCC(C2CCC(CCCCC)CC2)CC1. The molecular weight excluding hydrogens is 414 g/mol. The molecule has 0 spiro atoms. The summed E-state index contributed by atoms with van der Waals surface area (Å²) in [6.45, 7) is 9.22. The lowest BCUT2D eigenvalue weighted by molar-refractivity contribution is -0.160. The highest BCUT2D eigenvalue weighted by atomic mass is 16.6. The molecular formula is C28H49NO4. The van der Waals surface area contributed by atoms with Crippen LogP contribution < -0.4 is 0 Å². The number of hydrogen-bond acceptors (Lipinski definition) is 5. The van der Waals surface area contributed by atoms with Gasteiger partial charge in [0.05, 0.1) is 6.61 Å². The van der Waals surface area contributed by atoms with Crippen molar-refractivity contribution in [2.24, 2.45) is 23.7 Å². The molecule has 5 heteroatoms. The van der Waals surface area contributed by atoms with Crippen LogP contribution in [0.15, 0.2) is 12.2 Å². The molecule has 2 saturated carbocycles. The Bertz CT molecular complexity index is 572. The fraction of sp³-hybridized carbons (Fsp3) is 0.893. The Labute approximate surface area is 202 Å². The summed E-state index contributed by atoms with van der Waals surface area (Å²) >= 11 is 0. The molecule has 1 unspecified atom stereocenters. The van der Waals surface area contributed by atoms with E-state index in [1.165, 1.54) is 77.0 Å². The molecule has 0 aromatic rings. The quantitative estimate of drug-likeness (QED) is 0.164. The lowest BCUT2D eigenvalue weighted by Crippen LogP contribution is -2.32. The van der Waals surface area contributed by atoms with Gasteiger partial charge in [0.1, 0.15) is 6.61 Å². The van der Waals surface area contributed by atoms with Gasteiger partial charge in [-0.15, -0.1) is 0 Å². The van der Waals surface area contributed by atoms with Crippen LogP contribution in [-0.4, -0.2) is 55.1 Å². The first-order chi connectivity index (χ1) is 16.1. The van der Waals surface area contributed by atoms with Gasteiger partial charge in [0, 0.05) is 18.0 Å². The smallest absolute Gasteiger partial charge is 0.334 e. The van der Waals surface area contributed by atoms with Gasteiger partial charge in [-0.05, 0) is 82.2 Å². The van der Waals surface area contributed by atoms with Gasteiger partial charge in [-0.25, -0.2) is 4.79 Å². The van der Waals surface area contributed by atoms with Crippen LogP contribution in [0.5, 0.6) is 0 Å². The second-order valence-corrected chi connectivity index (χ2v) is 10.9. The van der Waals surface area contributed by atoms with Gasteiger partial charge >= 0.3 is 5.97 Å². The molecule has 1 heterocycles. The first-order valence-electron chi connectivity index (χ1n) is 13.9. The topological polar surface area (TPSA) is 59.0 Å². The number of aliphatic hydroxyl groups excluding tert-OH is 1. The number of hydrogen-bond donors (Lipinski definition) is 1. The van der Waals surface area contributed by atoms with Crippen LogP contribution in [0.4, 0.5) is 0 Å². The number of nitrogens with zero attached hydrogens (tertiary/aromatic N) is 1. The van der Waals surface area contributed by atoms with E-state index < -0.39 is 6.29 Å². The summed E-state index contributed by atoms with van der Waals surface area (Å²) in [6, 6.07) is 0. The van der Waals surface area contributed by atoms with Crippen molar-refractivity contribution in [2.75, 3.05) is 32.8 Å². The summed E-state index contributed by atoms with van der Waals surface area (Å²) in [5.41, 5.74) is 0.505. The molecule has 1 aliphatic heterocycles. The zero-order chi connectivity index (χ0) is 23.5. The average Bonchev–Trinajstić information content (AvgIpc) is 3.35. The van der Waals surface area contributed by atoms with Crippen LogP contribution in [0.25, 0.3) is 0 Å². The van der Waals surface area contributed by atoms with Crippen LogP contribution in [0.1, 0.15) is 96.8 Å². The summed E-state index contributed by atoms with van der Waals surface area (Å²) in [5.74, 6) is 2.59. The van der Waals surface area contributed by atoms with Crippen molar-refractivity contribution in [3.8, 4) is 0 Å². The molecule has 5 nitrogen and oxygen atoms in total. The Morgan fingerprint density at radius 3 is 2.24 bits per heavy atom. The highest BCUT2D eigenvalue weighted by Gasteiger charge is 2.33. The van der Waals surface area contributed by atoms with Crippen molar-refractivity contribution in [3.05, 3.63) is 12.2 Å². The lowest BCUT2D eigenvalue weighted by atomic mass is 9.68. The van der Waals surface area contributed by atoms with Gasteiger partial charge in [-0.2, -0.15) is 0 Å². The fourth-order valence-electron chi connectivity index (χ4n) is 6.35. The summed E-state index contributed by atoms with van der Waals surface area (Å²) in [4.78, 5) is 14.3. The number of carbonyl (C=O) groups excluding carboxylic acids is 1. The van der Waals surface area contributed by atoms with Crippen LogP contribution in [0, 0.1) is 23.7 Å². The van der Waals surface area contributed by atoms with Crippen molar-refractivity contribution in [2.45, 2.75) is 103 Å². The second-order valence-electron chi connectivity index (χ2n) is 10.9. The Hall–Kier alpha value is -0.910. The first kappa shape index (κ1) is 26.7. The fourth-order valence-corrected chi connectivity index (χ4v) is 6.35. The van der Waals surface area contributed by atoms with Crippen molar-refractivity contribution in [3.63, 3.8) is 0 Å². The zero-order valence-corrected chi connectivity index (χ0v) is 21.1. The van der Waals surface area contributed by atoms with E-state index in [1.54, 1.807) is 0 Å². The molecule has 1 atom stereocenters. The molecule has 0 aromatic heterocycles. The summed E-state index contributed by atoms with van der Waals surface area (Å²) in [6.07, 6.45) is 17.5. The summed E-state index contributed by atoms with van der Waals surface area (Å²) in [5, 5.41) is 10.5. The maximum Gasteiger partial charge on any atom is 0.334 e. The summed E-state index contributed by atoms with van der Waals surface area (Å²) in [7, 11) is 0. The van der Waals surface area contributed by atoms with Gasteiger partial charge in [-0.3, -0.25) is 4.90 Å². The Balaban J connectivity index is 1.23. The van der Waals surface area contributed by atoms with E-state index in [0.717, 1.165) is 43.7 Å². The number of esters is 1. The van der Waals surface area contributed by atoms with Crippen LogP contribution in [0.3, 0.4) is 0 Å². The summed E-state index contributed by atoms with van der Waals surface area (Å²) < 4.78 is 10.9. The molecule has 0 radical (unpaired) electrons. The van der Waals surface area contributed by atoms with Gasteiger partial charge in [0.25, 0.3) is 0 Å². The van der Waals surface area contributed by atoms with Crippen molar-refractivity contribution in [1.82, 2.24) is 4.90 Å². The third-order valence-electron chi connectivity index (χ3n) is 8.50. The monoisotopic (exact) mass is 463 g/mol. The number of rotatable bonds is 13. The predicted octanol–water partition coefficient (Wildman–Crippen LogP) is 5.71. The third kappa shape index (κ3) is 8.99. The minimum absolute atomic E-state index is 0.172. The molecule has 3 rings (SSSR count). The van der Waals surface area contributed by atoms with E-state index in [1.807, 2.05) is 0 Å². The number of unbranched alkanes of at least 4 members (excludes halogenated alkanes) is 2. The Kier molecular flexibility index (Phi) is 11.7. The number of carbonyl (C=O) groups is 1. The molecule has 0 aromatic carbocycles. The highest BCUT2D eigenvalue weighted by Crippen LogP contribution is 2.43. The minimum Gasteiger partial charge on any atom is -0.460 e. The third-order valence-corrected chi connectivity index (χ3v) is 8.50. The molecule has 2 aliphatic carbocycles. The molecule has 0 amide bonds. The van der Waals surface area contributed by atoms with E-state index in [0.29, 0.717) is 12.1 Å². The first-order valence-corrected chi connectivity index (χ1v) is 13.9. The number of ether oxygens (including phenoxy) is 2. The van der Waals surface area contributed by atoms with E-state index in [-0.39, 0.29) is 25.1 Å². The van der Waals surface area contributed by atoms with Gasteiger partial charge in [-0.1, -0.05) is 52.0 Å². The van der Waals surface area contributed by atoms with E-state index >= 15 is 0 Å². The largest absolute Gasteiger partial charge is 0.460 e. The molecule has 1 N–H and O–H groups in total. The van der Waals surface area contributed by atoms with E-state index in [2.05, 4.69) is 18.4 Å². The van der Waals surface area contributed by atoms with Gasteiger partial charge in [0.2, 0.25) is 0 Å². The maximum atomic E-state index is 12.1. The molecule has 0 bridgehead atoms. The number of likely N-dealkylation sites (tertiary alicyclic amines) is 1. The number of aliphatic hydroxyl groups is 1. The highest BCUT2D eigenvalue weighted by molar-refractivity contribution is 5.88. The predicted molar refractivity (Wildman–Crippen MR) is 133 cm³/mol. The zero-order valence-electron chi connectivity index (χ0n) is 21.1. The lowest BCUT2D eigenvalue weighted by Gasteiger charge is -2.38. The van der Waals surface area contributed by atoms with Crippen LogP contribution in [-0.2, 0) is 14.3 Å². The maximum absolute atomic E-state index is 12.1. The molecule has 3 fully saturated rings. The van der Waals surface area contributed by atoms with E-state index in [9.17, 15) is 9.90 Å². The van der Waals surface area contributed by atoms with Gasteiger partial charge in [0.15, 0.2) is 6.29 Å². The molecule has 190 valence electrons. The normalized spacial score (nSPS) is 29.6. The van der Waals surface area contributed by atoms with Crippen LogP contribution in [0.2, 0.25) is 0 Å². The van der Waals surface area contributed by atoms with Crippen molar-refractivity contribution in [1.29, 1.82) is 0 Å². The molecule has 1 saturated heterocycles. The van der Waals surface area contributed by atoms with E-state index in [4.69, 9.17) is 9.47 Å². The molecule has 33 heavy (non-hydrogen) atoms. The van der Waals surface area contributed by atoms with Crippen molar-refractivity contribution >= 4 is 5.97 Å². The minimum atomic E-state index is -0.744. The standard InChI is InChI=1S/C28H49NO4/c1-3-4-5-8-23-9-11-24(12-10-23)25-13-15-26(16-14-25)28(31)33-20-19-32-27(30)22(2)21-29-17-6-7-18-29/h23-26,28,31H,2-21H2,1H3. The van der Waals surface area contributed by atoms with Crippen molar-refractivity contribution < 1.29 is 19.4 Å². The second kappa shape index (κ2) is 14.5. The Morgan fingerprint density at radius 1 is 0.970 bits per heavy atom. The molecule has 3 aliphatic rings. The van der Waals surface area contributed by atoms with Crippen LogP contribution >= 0.6 is 0 Å². The van der Waals surface area contributed by atoms with Gasteiger partial charge < -0.3 is 14.6 Å².